The lowest BCUT2D eigenvalue weighted by atomic mass is 9.88. The van der Waals surface area contributed by atoms with E-state index in [9.17, 15) is 18.0 Å². The molecule has 0 radical (unpaired) electrons. The van der Waals surface area contributed by atoms with Gasteiger partial charge in [0.05, 0.1) is 11.8 Å². The van der Waals surface area contributed by atoms with Crippen molar-refractivity contribution < 1.29 is 18.0 Å². The minimum atomic E-state index is -4.66. The topological polar surface area (TPSA) is 83.1 Å². The maximum absolute atomic E-state index is 13.9. The third-order valence-corrected chi connectivity index (χ3v) is 4.45. The molecule has 0 spiro atoms. The van der Waals surface area contributed by atoms with Crippen molar-refractivity contribution in [2.45, 2.75) is 19.0 Å². The summed E-state index contributed by atoms with van der Waals surface area (Å²) in [5, 5.41) is 14.6. The Balaban J connectivity index is 1.97. The molecule has 2 heterocycles. The first-order chi connectivity index (χ1) is 12.9. The molecule has 9 heteroatoms. The van der Waals surface area contributed by atoms with Gasteiger partial charge in [0.1, 0.15) is 6.54 Å². The second-order valence-corrected chi connectivity index (χ2v) is 6.08. The molecule has 1 aliphatic rings. The number of carbonyl (C=O) groups excluding carboxylic acids is 1. The zero-order chi connectivity index (χ0) is 19.2. The lowest BCUT2D eigenvalue weighted by Crippen LogP contribution is -2.24. The average molecular weight is 371 g/mol. The molecule has 0 atom stereocenters. The first-order valence-electron chi connectivity index (χ1n) is 8.13. The maximum Gasteiger partial charge on any atom is 0.433 e. The van der Waals surface area contributed by atoms with Crippen LogP contribution < -0.4 is 5.32 Å². The van der Waals surface area contributed by atoms with Gasteiger partial charge in [-0.25, -0.2) is 9.50 Å². The van der Waals surface area contributed by atoms with Crippen molar-refractivity contribution in [3.8, 4) is 17.3 Å². The second-order valence-electron chi connectivity index (χ2n) is 6.08. The average Bonchev–Trinajstić information content (AvgIpc) is 3.06. The molecule has 0 saturated carbocycles. The predicted octanol–water partition coefficient (Wildman–Crippen LogP) is 2.77. The number of nitrogens with one attached hydrogen (secondary N) is 1. The molecule has 0 fully saturated rings. The third-order valence-electron chi connectivity index (χ3n) is 4.45. The van der Waals surface area contributed by atoms with Crippen LogP contribution in [0.2, 0.25) is 0 Å². The molecular formula is C18H12F3N5O. The summed E-state index contributed by atoms with van der Waals surface area (Å²) < 4.78 is 42.3. The number of rotatable bonds is 2. The van der Waals surface area contributed by atoms with Gasteiger partial charge in [0.2, 0.25) is 0 Å². The number of fused-ring (bicyclic) bond motifs is 4. The van der Waals surface area contributed by atoms with Crippen LogP contribution in [-0.4, -0.2) is 27.0 Å². The van der Waals surface area contributed by atoms with E-state index >= 15 is 0 Å². The summed E-state index contributed by atoms with van der Waals surface area (Å²) in [7, 11) is 0. The molecule has 0 unspecified atom stereocenters. The molecule has 6 nitrogen and oxygen atoms in total. The lowest BCUT2D eigenvalue weighted by molar-refractivity contribution is -0.143. The largest absolute Gasteiger partial charge is 0.433 e. The van der Waals surface area contributed by atoms with Crippen LogP contribution in [0.3, 0.4) is 0 Å². The Morgan fingerprint density at radius 2 is 2.07 bits per heavy atom. The van der Waals surface area contributed by atoms with Crippen LogP contribution in [0.15, 0.2) is 30.3 Å². The Labute approximate surface area is 151 Å². The van der Waals surface area contributed by atoms with Gasteiger partial charge >= 0.3 is 6.18 Å². The van der Waals surface area contributed by atoms with E-state index in [-0.39, 0.29) is 35.6 Å². The fourth-order valence-corrected chi connectivity index (χ4v) is 3.34. The number of nitriles is 1. The second kappa shape index (κ2) is 6.09. The number of aromatic nitrogens is 3. The molecule has 1 aliphatic carbocycles. The minimum Gasteiger partial charge on any atom is -0.338 e. The van der Waals surface area contributed by atoms with Gasteiger partial charge in [-0.3, -0.25) is 4.79 Å². The van der Waals surface area contributed by atoms with Gasteiger partial charge in [0.25, 0.3) is 5.91 Å². The van der Waals surface area contributed by atoms with Crippen LogP contribution in [-0.2, 0) is 19.0 Å². The van der Waals surface area contributed by atoms with Crippen LogP contribution in [0.1, 0.15) is 27.3 Å². The summed E-state index contributed by atoms with van der Waals surface area (Å²) in [5.74, 6) is -0.728. The van der Waals surface area contributed by atoms with Crippen LogP contribution >= 0.6 is 0 Å². The summed E-state index contributed by atoms with van der Waals surface area (Å²) in [6.07, 6.45) is -4.01. The summed E-state index contributed by atoms with van der Waals surface area (Å²) in [6, 6.07) is 10.1. The van der Waals surface area contributed by atoms with E-state index < -0.39 is 17.8 Å². The predicted molar refractivity (Wildman–Crippen MR) is 88.8 cm³/mol. The zero-order valence-corrected chi connectivity index (χ0v) is 13.8. The molecule has 0 saturated heterocycles. The minimum absolute atomic E-state index is 0.0696. The quantitative estimate of drug-likeness (QED) is 0.702. The van der Waals surface area contributed by atoms with Gasteiger partial charge in [0, 0.05) is 17.2 Å². The first-order valence-corrected chi connectivity index (χ1v) is 8.13. The highest BCUT2D eigenvalue weighted by Gasteiger charge is 2.40. The van der Waals surface area contributed by atoms with Crippen molar-refractivity contribution in [3.63, 3.8) is 0 Å². The van der Waals surface area contributed by atoms with Gasteiger partial charge in [-0.1, -0.05) is 24.3 Å². The molecule has 4 rings (SSSR count). The lowest BCUT2D eigenvalue weighted by Gasteiger charge is -2.23. The van der Waals surface area contributed by atoms with E-state index in [4.69, 9.17) is 5.26 Å². The molecule has 1 N–H and O–H groups in total. The van der Waals surface area contributed by atoms with E-state index in [2.05, 4.69) is 15.4 Å². The number of hydrogen-bond donors (Lipinski definition) is 1. The van der Waals surface area contributed by atoms with Crippen molar-refractivity contribution in [2.75, 3.05) is 6.54 Å². The summed E-state index contributed by atoms with van der Waals surface area (Å²) in [5.41, 5.74) is 0.710. The van der Waals surface area contributed by atoms with E-state index in [0.717, 1.165) is 5.56 Å². The maximum atomic E-state index is 13.9. The van der Waals surface area contributed by atoms with E-state index in [1.807, 2.05) is 12.1 Å². The van der Waals surface area contributed by atoms with Gasteiger partial charge in [-0.2, -0.15) is 23.5 Å². The van der Waals surface area contributed by atoms with Crippen LogP contribution in [0, 0.1) is 11.3 Å². The molecule has 2 aromatic heterocycles. The van der Waals surface area contributed by atoms with E-state index in [0.29, 0.717) is 16.5 Å². The highest BCUT2D eigenvalue weighted by Crippen LogP contribution is 2.40. The van der Waals surface area contributed by atoms with Gasteiger partial charge in [-0.05, 0) is 18.4 Å². The number of alkyl halides is 3. The van der Waals surface area contributed by atoms with Gasteiger partial charge in [-0.15, -0.1) is 0 Å². The van der Waals surface area contributed by atoms with E-state index in [1.54, 1.807) is 18.2 Å². The fourth-order valence-electron chi connectivity index (χ4n) is 3.34. The Morgan fingerprint density at radius 1 is 1.30 bits per heavy atom. The number of amides is 1. The van der Waals surface area contributed by atoms with Crippen LogP contribution in [0.5, 0.6) is 0 Å². The monoisotopic (exact) mass is 371 g/mol. The molecule has 0 bridgehead atoms. The summed E-state index contributed by atoms with van der Waals surface area (Å²) >= 11 is 0. The van der Waals surface area contributed by atoms with Crippen LogP contribution in [0.25, 0.3) is 16.9 Å². The Kier molecular flexibility index (Phi) is 3.84. The van der Waals surface area contributed by atoms with Crippen molar-refractivity contribution in [1.29, 1.82) is 5.26 Å². The van der Waals surface area contributed by atoms with Crippen LogP contribution in [0.4, 0.5) is 13.2 Å². The molecule has 3 aromatic rings. The van der Waals surface area contributed by atoms with Crippen molar-refractivity contribution in [1.82, 2.24) is 19.9 Å². The Hall–Kier alpha value is -3.41. The number of hydrogen-bond acceptors (Lipinski definition) is 4. The van der Waals surface area contributed by atoms with Gasteiger partial charge < -0.3 is 5.32 Å². The number of benzene rings is 1. The molecule has 27 heavy (non-hydrogen) atoms. The summed E-state index contributed by atoms with van der Waals surface area (Å²) in [6.45, 7) is -0.268. The Bertz CT molecular complexity index is 1110. The van der Waals surface area contributed by atoms with Crippen molar-refractivity contribution in [2.24, 2.45) is 0 Å². The number of aryl methyl sites for hydroxylation is 1. The third kappa shape index (κ3) is 2.79. The highest BCUT2D eigenvalue weighted by atomic mass is 19.4. The number of halogens is 3. The molecule has 1 aromatic carbocycles. The highest BCUT2D eigenvalue weighted by molar-refractivity contribution is 5.93. The molecule has 1 amide bonds. The fraction of sp³-hybridized carbons (Fsp3) is 0.222. The number of nitrogens with zero attached hydrogens (tertiary/aromatic N) is 4. The summed E-state index contributed by atoms with van der Waals surface area (Å²) in [4.78, 5) is 16.4. The number of carbonyl (C=O) groups is 1. The van der Waals surface area contributed by atoms with Crippen molar-refractivity contribution >= 4 is 11.6 Å². The zero-order valence-electron chi connectivity index (χ0n) is 13.8. The standard InChI is InChI=1S/C18H12F3N5O/c19-18(20,21)16-12-6-5-10-3-1-2-4-11(10)15(12)24-14-9-13(25-26(14)16)17(27)23-8-7-22/h1-4,9H,5-6,8H2,(H,23,27). The molecule has 0 aliphatic heterocycles. The Morgan fingerprint density at radius 3 is 2.81 bits per heavy atom. The van der Waals surface area contributed by atoms with E-state index in [1.165, 1.54) is 6.07 Å². The smallest absolute Gasteiger partial charge is 0.338 e. The van der Waals surface area contributed by atoms with Crippen molar-refractivity contribution in [3.05, 3.63) is 52.8 Å². The SMILES string of the molecule is N#CCNC(=O)c1cc2nc3c(c(C(F)(F)F)n2n1)CCc1ccccc1-3. The normalized spacial score (nSPS) is 13.0. The van der Waals surface area contributed by atoms with Gasteiger partial charge in [0.15, 0.2) is 17.0 Å². The molecular weight excluding hydrogens is 359 g/mol. The first kappa shape index (κ1) is 17.0. The molecule has 136 valence electrons.